The van der Waals surface area contributed by atoms with E-state index in [0.29, 0.717) is 17.7 Å². The van der Waals surface area contributed by atoms with E-state index in [1.54, 1.807) is 6.92 Å². The predicted molar refractivity (Wildman–Crippen MR) is 124 cm³/mol. The molecule has 2 aromatic carbocycles. The number of aromatic nitrogens is 2. The summed E-state index contributed by atoms with van der Waals surface area (Å²) in [6, 6.07) is 18.3. The van der Waals surface area contributed by atoms with Crippen molar-refractivity contribution >= 4 is 5.97 Å². The summed E-state index contributed by atoms with van der Waals surface area (Å²) in [5.41, 5.74) is 3.28. The Morgan fingerprint density at radius 1 is 0.935 bits per heavy atom. The van der Waals surface area contributed by atoms with Gasteiger partial charge in [0.05, 0.1) is 5.69 Å². The maximum Gasteiger partial charge on any atom is 0.328 e. The van der Waals surface area contributed by atoms with E-state index in [-0.39, 0.29) is 5.56 Å². The van der Waals surface area contributed by atoms with E-state index >= 15 is 0 Å². The Balaban J connectivity index is 2.10. The van der Waals surface area contributed by atoms with Crippen LogP contribution in [0.2, 0.25) is 0 Å². The van der Waals surface area contributed by atoms with Crippen molar-refractivity contribution in [2.45, 2.75) is 58.4 Å². The molecule has 0 spiro atoms. The van der Waals surface area contributed by atoms with Crippen LogP contribution in [0.3, 0.4) is 0 Å². The van der Waals surface area contributed by atoms with Crippen molar-refractivity contribution in [2.24, 2.45) is 0 Å². The lowest BCUT2D eigenvalue weighted by atomic mass is 9.96. The van der Waals surface area contributed by atoms with Gasteiger partial charge in [-0.05, 0) is 18.9 Å². The molecular weight excluding hydrogens is 388 g/mol. The fourth-order valence-corrected chi connectivity index (χ4v) is 3.92. The minimum absolute atomic E-state index is 0.348. The zero-order valence-corrected chi connectivity index (χ0v) is 18.3. The minimum Gasteiger partial charge on any atom is -0.480 e. The molecule has 0 amide bonds. The molecule has 1 aromatic heterocycles. The first-order valence-corrected chi connectivity index (χ1v) is 11.0. The largest absolute Gasteiger partial charge is 0.480 e. The fraction of sp³-hybridized carbons (Fsp3) is 0.346. The molecular formula is C26H30N2O3. The van der Waals surface area contributed by atoms with Gasteiger partial charge >= 0.3 is 5.97 Å². The third-order valence-corrected chi connectivity index (χ3v) is 5.62. The van der Waals surface area contributed by atoms with Crippen LogP contribution in [0.1, 0.15) is 57.1 Å². The number of rotatable bonds is 10. The molecule has 1 heterocycles. The zero-order chi connectivity index (χ0) is 22.2. The van der Waals surface area contributed by atoms with Gasteiger partial charge in [0.1, 0.15) is 0 Å². The highest BCUT2D eigenvalue weighted by Gasteiger charge is 2.26. The number of nitrogens with zero attached hydrogens (tertiary/aromatic N) is 2. The second-order valence-electron chi connectivity index (χ2n) is 7.89. The molecule has 0 saturated carbocycles. The Kier molecular flexibility index (Phi) is 7.76. The Morgan fingerprint density at radius 2 is 1.52 bits per heavy atom. The van der Waals surface area contributed by atoms with Crippen LogP contribution in [0.25, 0.3) is 22.4 Å². The average molecular weight is 419 g/mol. The smallest absolute Gasteiger partial charge is 0.328 e. The van der Waals surface area contributed by atoms with Gasteiger partial charge in [0, 0.05) is 16.7 Å². The molecule has 0 saturated heterocycles. The molecule has 31 heavy (non-hydrogen) atoms. The molecule has 0 bridgehead atoms. The van der Waals surface area contributed by atoms with Crippen LogP contribution < -0.4 is 5.56 Å². The summed E-state index contributed by atoms with van der Waals surface area (Å²) in [6.07, 6.45) is 5.45. The predicted octanol–water partition coefficient (Wildman–Crippen LogP) is 5.87. The van der Waals surface area contributed by atoms with Gasteiger partial charge in [0.25, 0.3) is 5.56 Å². The Morgan fingerprint density at radius 3 is 2.10 bits per heavy atom. The maximum atomic E-state index is 13.3. The van der Waals surface area contributed by atoms with Crippen LogP contribution in [-0.2, 0) is 4.79 Å². The van der Waals surface area contributed by atoms with Crippen molar-refractivity contribution in [1.29, 1.82) is 0 Å². The third kappa shape index (κ3) is 5.29. The summed E-state index contributed by atoms with van der Waals surface area (Å²) in [4.78, 5) is 25.4. The van der Waals surface area contributed by atoms with E-state index in [1.807, 2.05) is 60.7 Å². The molecule has 5 heteroatoms. The summed E-state index contributed by atoms with van der Waals surface area (Å²) in [7, 11) is 0. The number of hydrogen-bond acceptors (Lipinski definition) is 3. The Hall–Kier alpha value is -3.21. The topological polar surface area (TPSA) is 72.2 Å². The molecule has 3 aromatic rings. The molecule has 5 nitrogen and oxygen atoms in total. The molecule has 0 radical (unpaired) electrons. The second-order valence-corrected chi connectivity index (χ2v) is 7.89. The standard InChI is InChI=1S/C26H30N2O3/c1-3-4-5-6-13-18-22(26(30)31)28-25(29)19(2)23(20-14-9-7-10-15-20)24(27-28)21-16-11-8-12-17-21/h7-12,14-17,22H,3-6,13,18H2,1-2H3,(H,30,31). The summed E-state index contributed by atoms with van der Waals surface area (Å²) < 4.78 is 1.19. The molecule has 162 valence electrons. The highest BCUT2D eigenvalue weighted by Crippen LogP contribution is 2.32. The van der Waals surface area contributed by atoms with Crippen molar-refractivity contribution in [3.8, 4) is 22.4 Å². The summed E-state index contributed by atoms with van der Waals surface area (Å²) in [6.45, 7) is 3.90. The van der Waals surface area contributed by atoms with Gasteiger partial charge in [0.2, 0.25) is 0 Å². The number of unbranched alkanes of at least 4 members (excludes halogenated alkanes) is 4. The van der Waals surface area contributed by atoms with Gasteiger partial charge in [-0.15, -0.1) is 0 Å². The quantitative estimate of drug-likeness (QED) is 0.418. The van der Waals surface area contributed by atoms with E-state index in [4.69, 9.17) is 0 Å². The Labute approximate surface area is 183 Å². The highest BCUT2D eigenvalue weighted by molar-refractivity contribution is 5.82. The van der Waals surface area contributed by atoms with Crippen molar-refractivity contribution in [3.63, 3.8) is 0 Å². The lowest BCUT2D eigenvalue weighted by Gasteiger charge is -2.20. The van der Waals surface area contributed by atoms with Crippen molar-refractivity contribution in [3.05, 3.63) is 76.6 Å². The molecule has 1 unspecified atom stereocenters. The number of hydrogen-bond donors (Lipinski definition) is 1. The fourth-order valence-electron chi connectivity index (χ4n) is 3.92. The van der Waals surface area contributed by atoms with Crippen LogP contribution in [0.15, 0.2) is 65.5 Å². The van der Waals surface area contributed by atoms with Crippen molar-refractivity contribution in [1.82, 2.24) is 9.78 Å². The van der Waals surface area contributed by atoms with Crippen LogP contribution in [0.4, 0.5) is 0 Å². The van der Waals surface area contributed by atoms with Gasteiger partial charge in [-0.2, -0.15) is 5.10 Å². The van der Waals surface area contributed by atoms with Gasteiger partial charge in [-0.3, -0.25) is 4.79 Å². The van der Waals surface area contributed by atoms with E-state index in [2.05, 4.69) is 12.0 Å². The SMILES string of the molecule is CCCCCCCC(C(=O)O)n1nc(-c2ccccc2)c(-c2ccccc2)c(C)c1=O. The van der Waals surface area contributed by atoms with Crippen molar-refractivity contribution < 1.29 is 9.90 Å². The first kappa shape index (κ1) is 22.5. The number of aliphatic carboxylic acids is 1. The third-order valence-electron chi connectivity index (χ3n) is 5.62. The first-order valence-electron chi connectivity index (χ1n) is 11.0. The second kappa shape index (κ2) is 10.7. The summed E-state index contributed by atoms with van der Waals surface area (Å²) in [5, 5.41) is 14.5. The maximum absolute atomic E-state index is 13.3. The Bertz CT molecular complexity index is 1060. The van der Waals surface area contributed by atoms with Crippen LogP contribution in [0, 0.1) is 6.92 Å². The molecule has 0 fully saturated rings. The molecule has 0 aliphatic rings. The van der Waals surface area contributed by atoms with Crippen molar-refractivity contribution in [2.75, 3.05) is 0 Å². The summed E-state index contributed by atoms with van der Waals surface area (Å²) in [5.74, 6) is -1.02. The lowest BCUT2D eigenvalue weighted by molar-refractivity contribution is -0.141. The highest BCUT2D eigenvalue weighted by atomic mass is 16.4. The molecule has 1 N–H and O–H groups in total. The van der Waals surface area contributed by atoms with Crippen LogP contribution in [-0.4, -0.2) is 20.9 Å². The monoisotopic (exact) mass is 418 g/mol. The average Bonchev–Trinajstić information content (AvgIpc) is 2.79. The van der Waals surface area contributed by atoms with Gasteiger partial charge < -0.3 is 5.11 Å². The van der Waals surface area contributed by atoms with Crippen LogP contribution >= 0.6 is 0 Å². The molecule has 0 aliphatic carbocycles. The van der Waals surface area contributed by atoms with E-state index in [1.165, 1.54) is 4.68 Å². The van der Waals surface area contributed by atoms with E-state index in [0.717, 1.165) is 48.8 Å². The van der Waals surface area contributed by atoms with Gasteiger partial charge in [-0.25, -0.2) is 9.48 Å². The summed E-state index contributed by atoms with van der Waals surface area (Å²) >= 11 is 0. The van der Waals surface area contributed by atoms with Gasteiger partial charge in [-0.1, -0.05) is 99.7 Å². The van der Waals surface area contributed by atoms with Crippen LogP contribution in [0.5, 0.6) is 0 Å². The van der Waals surface area contributed by atoms with E-state index in [9.17, 15) is 14.7 Å². The normalized spacial score (nSPS) is 11.9. The molecule has 0 aliphatic heterocycles. The molecule has 3 rings (SSSR count). The van der Waals surface area contributed by atoms with E-state index < -0.39 is 12.0 Å². The zero-order valence-electron chi connectivity index (χ0n) is 18.3. The molecule has 1 atom stereocenters. The number of benzene rings is 2. The minimum atomic E-state index is -1.02. The number of carboxylic acid groups (broad SMARTS) is 1. The van der Waals surface area contributed by atoms with Gasteiger partial charge in [0.15, 0.2) is 6.04 Å². The lowest BCUT2D eigenvalue weighted by Crippen LogP contribution is -2.34. The first-order chi connectivity index (χ1) is 15.0. The number of carbonyl (C=O) groups is 1. The number of carboxylic acids is 1.